The van der Waals surface area contributed by atoms with Gasteiger partial charge in [0.1, 0.15) is 12.4 Å². The molecular formula is C19H22O3. The maximum Gasteiger partial charge on any atom is 0.337 e. The van der Waals surface area contributed by atoms with E-state index in [4.69, 9.17) is 9.47 Å². The van der Waals surface area contributed by atoms with Gasteiger partial charge in [-0.05, 0) is 47.7 Å². The molecule has 0 radical (unpaired) electrons. The molecule has 0 saturated carbocycles. The number of rotatable bonds is 6. The van der Waals surface area contributed by atoms with Gasteiger partial charge in [0.25, 0.3) is 0 Å². The van der Waals surface area contributed by atoms with Crippen molar-refractivity contribution in [3.63, 3.8) is 0 Å². The molecule has 116 valence electrons. The van der Waals surface area contributed by atoms with E-state index in [0.717, 1.165) is 17.7 Å². The molecule has 0 spiro atoms. The smallest absolute Gasteiger partial charge is 0.337 e. The first-order chi connectivity index (χ1) is 10.6. The monoisotopic (exact) mass is 298 g/mol. The molecule has 0 heterocycles. The summed E-state index contributed by atoms with van der Waals surface area (Å²) in [6.45, 7) is 4.84. The van der Waals surface area contributed by atoms with Crippen molar-refractivity contribution in [1.82, 2.24) is 0 Å². The summed E-state index contributed by atoms with van der Waals surface area (Å²) < 4.78 is 10.5. The molecule has 0 amide bonds. The highest BCUT2D eigenvalue weighted by molar-refractivity contribution is 5.89. The van der Waals surface area contributed by atoms with Crippen molar-refractivity contribution in [2.75, 3.05) is 7.11 Å². The van der Waals surface area contributed by atoms with E-state index in [2.05, 4.69) is 26.0 Å². The molecule has 3 heteroatoms. The van der Waals surface area contributed by atoms with Crippen LogP contribution >= 0.6 is 0 Å². The Balaban J connectivity index is 1.96. The van der Waals surface area contributed by atoms with E-state index in [1.807, 2.05) is 24.3 Å². The molecule has 22 heavy (non-hydrogen) atoms. The zero-order valence-corrected chi connectivity index (χ0v) is 13.3. The predicted octanol–water partition coefficient (Wildman–Crippen LogP) is 4.25. The SMILES string of the molecule is COC(=O)c1cccc(COc2ccc(CC(C)C)cc2)c1. The third kappa shape index (κ3) is 4.62. The maximum atomic E-state index is 11.5. The van der Waals surface area contributed by atoms with Crippen molar-refractivity contribution in [3.05, 3.63) is 65.2 Å². The average molecular weight is 298 g/mol. The number of methoxy groups -OCH3 is 1. The minimum absolute atomic E-state index is 0.333. The largest absolute Gasteiger partial charge is 0.489 e. The van der Waals surface area contributed by atoms with E-state index in [9.17, 15) is 4.79 Å². The molecule has 0 saturated heterocycles. The van der Waals surface area contributed by atoms with Gasteiger partial charge in [0.05, 0.1) is 12.7 Å². The summed E-state index contributed by atoms with van der Waals surface area (Å²) in [4.78, 5) is 11.5. The Bertz CT molecular complexity index is 615. The van der Waals surface area contributed by atoms with Crippen LogP contribution in [0.1, 0.15) is 35.3 Å². The lowest BCUT2D eigenvalue weighted by atomic mass is 10.0. The normalized spacial score (nSPS) is 10.5. The summed E-state index contributed by atoms with van der Waals surface area (Å²) in [5, 5.41) is 0. The first kappa shape index (κ1) is 16.1. The van der Waals surface area contributed by atoms with Gasteiger partial charge >= 0.3 is 5.97 Å². The van der Waals surface area contributed by atoms with Crippen LogP contribution in [0.5, 0.6) is 5.75 Å². The fourth-order valence-electron chi connectivity index (χ4n) is 2.27. The number of benzene rings is 2. The molecule has 0 N–H and O–H groups in total. The van der Waals surface area contributed by atoms with Gasteiger partial charge in [-0.3, -0.25) is 0 Å². The van der Waals surface area contributed by atoms with E-state index in [1.165, 1.54) is 12.7 Å². The van der Waals surface area contributed by atoms with E-state index in [-0.39, 0.29) is 5.97 Å². The highest BCUT2D eigenvalue weighted by Crippen LogP contribution is 2.17. The summed E-state index contributed by atoms with van der Waals surface area (Å²) in [6, 6.07) is 15.5. The summed E-state index contributed by atoms with van der Waals surface area (Å²) in [5.41, 5.74) is 2.79. The van der Waals surface area contributed by atoms with Gasteiger partial charge in [-0.15, -0.1) is 0 Å². The standard InChI is InChI=1S/C19H22O3/c1-14(2)11-15-7-9-18(10-8-15)22-13-16-5-4-6-17(12-16)19(20)21-3/h4-10,12,14H,11,13H2,1-3H3. The van der Waals surface area contributed by atoms with E-state index in [1.54, 1.807) is 12.1 Å². The predicted molar refractivity (Wildman–Crippen MR) is 87.1 cm³/mol. The fourth-order valence-corrected chi connectivity index (χ4v) is 2.27. The third-order valence-corrected chi connectivity index (χ3v) is 3.32. The van der Waals surface area contributed by atoms with Gasteiger partial charge in [0.2, 0.25) is 0 Å². The zero-order valence-electron chi connectivity index (χ0n) is 13.3. The van der Waals surface area contributed by atoms with Gasteiger partial charge in [0, 0.05) is 0 Å². The molecule has 0 unspecified atom stereocenters. The lowest BCUT2D eigenvalue weighted by molar-refractivity contribution is 0.0600. The van der Waals surface area contributed by atoms with Crippen LogP contribution in [0.3, 0.4) is 0 Å². The summed E-state index contributed by atoms with van der Waals surface area (Å²) in [6.07, 6.45) is 1.07. The number of ether oxygens (including phenoxy) is 2. The Morgan fingerprint density at radius 2 is 1.77 bits per heavy atom. The molecule has 0 aliphatic rings. The van der Waals surface area contributed by atoms with E-state index >= 15 is 0 Å². The van der Waals surface area contributed by atoms with E-state index < -0.39 is 0 Å². The highest BCUT2D eigenvalue weighted by Gasteiger charge is 2.06. The van der Waals surface area contributed by atoms with Crippen molar-refractivity contribution in [3.8, 4) is 5.75 Å². The topological polar surface area (TPSA) is 35.5 Å². The van der Waals surface area contributed by atoms with Crippen LogP contribution in [-0.2, 0) is 17.8 Å². The van der Waals surface area contributed by atoms with Crippen LogP contribution in [0.4, 0.5) is 0 Å². The van der Waals surface area contributed by atoms with Crippen LogP contribution < -0.4 is 4.74 Å². The van der Waals surface area contributed by atoms with Crippen molar-refractivity contribution < 1.29 is 14.3 Å². The molecular weight excluding hydrogens is 276 g/mol. The second-order valence-electron chi connectivity index (χ2n) is 5.72. The average Bonchev–Trinajstić information content (AvgIpc) is 2.53. The summed E-state index contributed by atoms with van der Waals surface area (Å²) in [7, 11) is 1.38. The molecule has 2 rings (SSSR count). The first-order valence-electron chi connectivity index (χ1n) is 7.47. The lowest BCUT2D eigenvalue weighted by Gasteiger charge is -2.09. The number of hydrogen-bond donors (Lipinski definition) is 0. The molecule has 2 aromatic carbocycles. The molecule has 2 aromatic rings. The number of hydrogen-bond acceptors (Lipinski definition) is 3. The lowest BCUT2D eigenvalue weighted by Crippen LogP contribution is -2.03. The number of esters is 1. The Labute approximate surface area is 131 Å². The molecule has 0 aliphatic carbocycles. The second-order valence-corrected chi connectivity index (χ2v) is 5.72. The molecule has 0 atom stereocenters. The van der Waals surface area contributed by atoms with E-state index in [0.29, 0.717) is 18.1 Å². The number of carbonyl (C=O) groups excluding carboxylic acids is 1. The third-order valence-electron chi connectivity index (χ3n) is 3.32. The number of carbonyl (C=O) groups is 1. The molecule has 0 fully saturated rings. The first-order valence-corrected chi connectivity index (χ1v) is 7.47. The van der Waals surface area contributed by atoms with Gasteiger partial charge in [-0.1, -0.05) is 38.1 Å². The molecule has 0 aromatic heterocycles. The maximum absolute atomic E-state index is 11.5. The Morgan fingerprint density at radius 1 is 1.05 bits per heavy atom. The molecule has 0 bridgehead atoms. The van der Waals surface area contributed by atoms with Crippen LogP contribution in [-0.4, -0.2) is 13.1 Å². The van der Waals surface area contributed by atoms with Gasteiger partial charge in [0.15, 0.2) is 0 Å². The quantitative estimate of drug-likeness (QED) is 0.748. The Kier molecular flexibility index (Phi) is 5.59. The second kappa shape index (κ2) is 7.64. The van der Waals surface area contributed by atoms with Gasteiger partial charge < -0.3 is 9.47 Å². The molecule has 0 aliphatic heterocycles. The Hall–Kier alpha value is -2.29. The van der Waals surface area contributed by atoms with Gasteiger partial charge in [-0.25, -0.2) is 4.79 Å². The minimum Gasteiger partial charge on any atom is -0.489 e. The van der Waals surface area contributed by atoms with Crippen LogP contribution in [0.2, 0.25) is 0 Å². The molecule has 3 nitrogen and oxygen atoms in total. The van der Waals surface area contributed by atoms with Crippen molar-refractivity contribution in [1.29, 1.82) is 0 Å². The van der Waals surface area contributed by atoms with Crippen molar-refractivity contribution in [2.24, 2.45) is 5.92 Å². The zero-order chi connectivity index (χ0) is 15.9. The van der Waals surface area contributed by atoms with Crippen molar-refractivity contribution in [2.45, 2.75) is 26.9 Å². The van der Waals surface area contributed by atoms with Crippen LogP contribution in [0, 0.1) is 5.92 Å². The van der Waals surface area contributed by atoms with Crippen LogP contribution in [0.25, 0.3) is 0 Å². The van der Waals surface area contributed by atoms with Crippen molar-refractivity contribution >= 4 is 5.97 Å². The fraction of sp³-hybridized carbons (Fsp3) is 0.316. The summed E-state index contributed by atoms with van der Waals surface area (Å²) >= 11 is 0. The minimum atomic E-state index is -0.333. The summed E-state index contributed by atoms with van der Waals surface area (Å²) in [5.74, 6) is 1.14. The Morgan fingerprint density at radius 3 is 2.41 bits per heavy atom. The van der Waals surface area contributed by atoms with Gasteiger partial charge in [-0.2, -0.15) is 0 Å². The highest BCUT2D eigenvalue weighted by atomic mass is 16.5. The van der Waals surface area contributed by atoms with Crippen LogP contribution in [0.15, 0.2) is 48.5 Å².